The number of nitrogens with zero attached hydrogens (tertiary/aromatic N) is 6. The first-order valence-electron chi connectivity index (χ1n) is 9.18. The second-order valence-corrected chi connectivity index (χ2v) is 8.24. The average Bonchev–Trinajstić information content (AvgIpc) is 3.04. The zero-order valence-corrected chi connectivity index (χ0v) is 18.9. The molecule has 0 N–H and O–H groups in total. The number of imidazole rings is 1. The maximum Gasteiger partial charge on any atom is 0.332 e. The van der Waals surface area contributed by atoms with E-state index in [4.69, 9.17) is 11.6 Å². The minimum absolute atomic E-state index is 0.0414. The molecule has 3 heterocycles. The number of rotatable bonds is 4. The summed E-state index contributed by atoms with van der Waals surface area (Å²) >= 11 is 9.32. The number of hydrogen-bond donors (Lipinski definition) is 0. The van der Waals surface area contributed by atoms with Crippen molar-refractivity contribution in [3.63, 3.8) is 0 Å². The minimum Gasteiger partial charge on any atom is -0.309 e. The number of aromatic nitrogens is 6. The molecule has 30 heavy (non-hydrogen) atoms. The molecular formula is C20H18BrClN6O2. The lowest BCUT2D eigenvalue weighted by Gasteiger charge is -2.10. The van der Waals surface area contributed by atoms with Crippen LogP contribution in [0.25, 0.3) is 22.1 Å². The zero-order valence-electron chi connectivity index (χ0n) is 16.6. The van der Waals surface area contributed by atoms with Gasteiger partial charge in [-0.25, -0.2) is 19.7 Å². The summed E-state index contributed by atoms with van der Waals surface area (Å²) in [6.07, 6.45) is 1.76. The molecule has 8 nitrogen and oxygen atoms in total. The molecule has 0 atom stereocenters. The van der Waals surface area contributed by atoms with Gasteiger partial charge in [0, 0.05) is 29.7 Å². The quantitative estimate of drug-likeness (QED) is 0.411. The summed E-state index contributed by atoms with van der Waals surface area (Å²) in [5.41, 5.74) is 1.21. The lowest BCUT2D eigenvalue weighted by molar-refractivity contribution is 0.632. The molecular weight excluding hydrogens is 472 g/mol. The van der Waals surface area contributed by atoms with E-state index in [0.717, 1.165) is 21.2 Å². The van der Waals surface area contributed by atoms with E-state index in [-0.39, 0.29) is 6.54 Å². The Morgan fingerprint density at radius 2 is 1.90 bits per heavy atom. The predicted octanol–water partition coefficient (Wildman–Crippen LogP) is 3.10. The number of fused-ring (bicyclic) bond motifs is 2. The Balaban J connectivity index is 1.91. The van der Waals surface area contributed by atoms with Crippen molar-refractivity contribution in [1.82, 2.24) is 28.7 Å². The van der Waals surface area contributed by atoms with Crippen LogP contribution in [0.4, 0.5) is 0 Å². The second kappa shape index (κ2) is 7.81. The number of allylic oxidation sites excluding steroid dienone is 2. The summed E-state index contributed by atoms with van der Waals surface area (Å²) in [7, 11) is 1.58. The largest absolute Gasteiger partial charge is 0.332 e. The van der Waals surface area contributed by atoms with E-state index in [0.29, 0.717) is 33.3 Å². The summed E-state index contributed by atoms with van der Waals surface area (Å²) < 4.78 is 4.59. The van der Waals surface area contributed by atoms with Crippen molar-refractivity contribution < 1.29 is 0 Å². The molecule has 4 aromatic rings. The molecule has 0 aliphatic rings. The third-order valence-electron chi connectivity index (χ3n) is 4.88. The monoisotopic (exact) mass is 488 g/mol. The molecule has 0 bridgehead atoms. The summed E-state index contributed by atoms with van der Waals surface area (Å²) in [4.78, 5) is 39.6. The van der Waals surface area contributed by atoms with Crippen LogP contribution in [0.15, 0.2) is 49.7 Å². The number of aryl methyl sites for hydroxylation is 2. The first kappa shape index (κ1) is 20.5. The third kappa shape index (κ3) is 3.48. The summed E-state index contributed by atoms with van der Waals surface area (Å²) in [5.74, 6) is 0.395. The van der Waals surface area contributed by atoms with Crippen molar-refractivity contribution in [3.05, 3.63) is 72.5 Å². The van der Waals surface area contributed by atoms with Gasteiger partial charge in [-0.15, -0.1) is 0 Å². The Bertz CT molecular complexity index is 1450. The highest BCUT2D eigenvalue weighted by Crippen LogP contribution is 2.18. The van der Waals surface area contributed by atoms with Gasteiger partial charge in [0.2, 0.25) is 0 Å². The molecule has 10 heteroatoms. The molecule has 0 saturated heterocycles. The zero-order chi connectivity index (χ0) is 21.6. The van der Waals surface area contributed by atoms with Gasteiger partial charge in [0.15, 0.2) is 15.9 Å². The summed E-state index contributed by atoms with van der Waals surface area (Å²) in [5, 5.41) is 1.52. The Labute approximate surface area is 184 Å². The third-order valence-corrected chi connectivity index (χ3v) is 5.64. The highest BCUT2D eigenvalue weighted by Gasteiger charge is 2.19. The van der Waals surface area contributed by atoms with E-state index in [2.05, 4.69) is 30.9 Å². The van der Waals surface area contributed by atoms with Gasteiger partial charge in [0.25, 0.3) is 5.56 Å². The second-order valence-electron chi connectivity index (χ2n) is 6.93. The summed E-state index contributed by atoms with van der Waals surface area (Å²) in [6, 6.07) is 7.62. The van der Waals surface area contributed by atoms with Crippen molar-refractivity contribution in [2.45, 2.75) is 26.9 Å². The Hall–Kier alpha value is -2.78. The van der Waals surface area contributed by atoms with Crippen LogP contribution >= 0.6 is 27.5 Å². The minimum atomic E-state index is -0.483. The van der Waals surface area contributed by atoms with Crippen LogP contribution < -0.4 is 11.2 Å². The van der Waals surface area contributed by atoms with Crippen molar-refractivity contribution in [3.8, 4) is 0 Å². The first-order valence-corrected chi connectivity index (χ1v) is 10.3. The van der Waals surface area contributed by atoms with Gasteiger partial charge in [0.1, 0.15) is 5.82 Å². The maximum absolute atomic E-state index is 13.3. The van der Waals surface area contributed by atoms with Crippen LogP contribution in [0.5, 0.6) is 0 Å². The lowest BCUT2D eigenvalue weighted by atomic mass is 10.2. The van der Waals surface area contributed by atoms with Crippen LogP contribution in [0, 0.1) is 6.92 Å². The lowest BCUT2D eigenvalue weighted by Crippen LogP contribution is -2.40. The van der Waals surface area contributed by atoms with Crippen LogP contribution in [0.2, 0.25) is 0 Å². The fourth-order valence-corrected chi connectivity index (χ4v) is 3.93. The van der Waals surface area contributed by atoms with Crippen molar-refractivity contribution in [1.29, 1.82) is 0 Å². The smallest absolute Gasteiger partial charge is 0.309 e. The highest BCUT2D eigenvalue weighted by atomic mass is 79.9. The van der Waals surface area contributed by atoms with E-state index < -0.39 is 11.2 Å². The number of para-hydroxylation sites is 1. The molecule has 1 aromatic carbocycles. The van der Waals surface area contributed by atoms with Gasteiger partial charge in [0.05, 0.1) is 12.1 Å². The number of hydrogen-bond acceptors (Lipinski definition) is 5. The Morgan fingerprint density at radius 1 is 1.17 bits per heavy atom. The number of halogens is 2. The van der Waals surface area contributed by atoms with Crippen LogP contribution in [-0.2, 0) is 20.1 Å². The van der Waals surface area contributed by atoms with Crippen LogP contribution in [0.1, 0.15) is 18.4 Å². The van der Waals surface area contributed by atoms with Crippen molar-refractivity contribution in [2.24, 2.45) is 7.05 Å². The van der Waals surface area contributed by atoms with Crippen LogP contribution in [-0.4, -0.2) is 28.7 Å². The first-order chi connectivity index (χ1) is 14.3. The van der Waals surface area contributed by atoms with Gasteiger partial charge >= 0.3 is 5.69 Å². The normalized spacial score (nSPS) is 12.2. The fraction of sp³-hybridized carbons (Fsp3) is 0.250. The maximum atomic E-state index is 13.3. The number of benzene rings is 1. The topological polar surface area (TPSA) is 87.6 Å². The Kier molecular flexibility index (Phi) is 5.33. The van der Waals surface area contributed by atoms with E-state index in [1.165, 1.54) is 4.57 Å². The van der Waals surface area contributed by atoms with E-state index in [9.17, 15) is 9.59 Å². The molecule has 0 saturated carbocycles. The van der Waals surface area contributed by atoms with Gasteiger partial charge in [-0.3, -0.25) is 13.9 Å². The van der Waals surface area contributed by atoms with Gasteiger partial charge in [-0.05, 0) is 35.8 Å². The Morgan fingerprint density at radius 3 is 2.63 bits per heavy atom. The van der Waals surface area contributed by atoms with E-state index in [1.54, 1.807) is 24.6 Å². The van der Waals surface area contributed by atoms with Gasteiger partial charge in [-0.1, -0.05) is 35.9 Å². The average molecular weight is 490 g/mol. The fourth-order valence-electron chi connectivity index (χ4n) is 3.38. The SMILES string of the molecule is CC(Cl)=CCn1c(Br)nc2c1c(=O)n(Cc1nc(C)c3ccccc3n1)c(=O)n2C. The predicted molar refractivity (Wildman–Crippen MR) is 120 cm³/mol. The molecule has 0 unspecified atom stereocenters. The van der Waals surface area contributed by atoms with Gasteiger partial charge < -0.3 is 4.57 Å². The molecule has 0 radical (unpaired) electrons. The molecule has 0 spiro atoms. The molecule has 0 amide bonds. The van der Waals surface area contributed by atoms with Gasteiger partial charge in [-0.2, -0.15) is 0 Å². The molecule has 154 valence electrons. The molecule has 4 rings (SSSR count). The van der Waals surface area contributed by atoms with Crippen molar-refractivity contribution >= 4 is 49.6 Å². The van der Waals surface area contributed by atoms with Crippen LogP contribution in [0.3, 0.4) is 0 Å². The molecule has 0 fully saturated rings. The van der Waals surface area contributed by atoms with E-state index in [1.807, 2.05) is 31.2 Å². The molecule has 0 aliphatic carbocycles. The summed E-state index contributed by atoms with van der Waals surface area (Å²) in [6.45, 7) is 3.93. The standard InChI is InChI=1S/C20H18BrClN6O2/c1-11(22)8-9-27-16-17(25-19(27)21)26(3)20(30)28(18(16)29)10-15-23-12(2)13-6-4-5-7-14(13)24-15/h4-8H,9-10H2,1-3H3. The highest BCUT2D eigenvalue weighted by molar-refractivity contribution is 9.10. The molecule has 3 aromatic heterocycles. The van der Waals surface area contributed by atoms with E-state index >= 15 is 0 Å². The van der Waals surface area contributed by atoms with Crippen molar-refractivity contribution in [2.75, 3.05) is 0 Å². The molecule has 0 aliphatic heterocycles.